The fourth-order valence-electron chi connectivity index (χ4n) is 0.878. The summed E-state index contributed by atoms with van der Waals surface area (Å²) in [6.07, 6.45) is 3.33. The number of nitrogens with zero attached hydrogens (tertiary/aromatic N) is 5. The molecule has 0 aliphatic heterocycles. The average molecular weight is 167 g/mol. The SMILES string of the molecule is Cn1ccn(CCN=[N+]=[N-])c1=O. The van der Waals surface area contributed by atoms with Gasteiger partial charge in [0.2, 0.25) is 0 Å². The molecule has 1 aromatic rings. The van der Waals surface area contributed by atoms with Crippen molar-refractivity contribution >= 4 is 0 Å². The van der Waals surface area contributed by atoms with E-state index in [0.717, 1.165) is 0 Å². The number of hydrogen-bond donors (Lipinski definition) is 0. The summed E-state index contributed by atoms with van der Waals surface area (Å²) in [5.74, 6) is 0. The van der Waals surface area contributed by atoms with Crippen LogP contribution in [0.15, 0.2) is 22.3 Å². The van der Waals surface area contributed by atoms with Crippen molar-refractivity contribution < 1.29 is 0 Å². The summed E-state index contributed by atoms with van der Waals surface area (Å²) in [6, 6.07) is 0. The number of imidazole rings is 1. The number of hydrogen-bond acceptors (Lipinski definition) is 2. The Morgan fingerprint density at radius 2 is 2.42 bits per heavy atom. The zero-order valence-corrected chi connectivity index (χ0v) is 6.71. The third-order valence-electron chi connectivity index (χ3n) is 1.52. The van der Waals surface area contributed by atoms with E-state index < -0.39 is 0 Å². The van der Waals surface area contributed by atoms with Crippen molar-refractivity contribution in [2.45, 2.75) is 6.54 Å². The molecule has 0 bridgehead atoms. The molecule has 0 aromatic carbocycles. The first kappa shape index (κ1) is 8.42. The second kappa shape index (κ2) is 3.64. The standard InChI is InChI=1S/C6H9N5O/c1-10-4-5-11(6(10)12)3-2-8-9-7/h4-5H,2-3H2,1H3. The second-order valence-electron chi connectivity index (χ2n) is 2.34. The molecule has 0 saturated heterocycles. The topological polar surface area (TPSA) is 75.7 Å². The molecule has 64 valence electrons. The van der Waals surface area contributed by atoms with Gasteiger partial charge in [0.1, 0.15) is 0 Å². The molecule has 0 aliphatic rings. The predicted octanol–water partition coefficient (Wildman–Crippen LogP) is 0.497. The van der Waals surface area contributed by atoms with Gasteiger partial charge in [-0.1, -0.05) is 5.11 Å². The minimum atomic E-state index is -0.0943. The van der Waals surface area contributed by atoms with E-state index in [0.29, 0.717) is 13.1 Å². The van der Waals surface area contributed by atoms with E-state index in [1.54, 1.807) is 19.4 Å². The number of aryl methyl sites for hydroxylation is 1. The van der Waals surface area contributed by atoms with E-state index in [4.69, 9.17) is 5.53 Å². The maximum absolute atomic E-state index is 11.2. The molecule has 0 saturated carbocycles. The molecule has 0 unspecified atom stereocenters. The van der Waals surface area contributed by atoms with Crippen molar-refractivity contribution in [3.8, 4) is 0 Å². The first-order valence-electron chi connectivity index (χ1n) is 3.48. The summed E-state index contributed by atoms with van der Waals surface area (Å²) in [5.41, 5.74) is 7.89. The van der Waals surface area contributed by atoms with Crippen molar-refractivity contribution in [3.63, 3.8) is 0 Å². The lowest BCUT2D eigenvalue weighted by Crippen LogP contribution is -2.22. The molecule has 0 N–H and O–H groups in total. The molecular weight excluding hydrogens is 158 g/mol. The van der Waals surface area contributed by atoms with Crippen molar-refractivity contribution in [2.24, 2.45) is 12.2 Å². The summed E-state index contributed by atoms with van der Waals surface area (Å²) in [4.78, 5) is 13.7. The summed E-state index contributed by atoms with van der Waals surface area (Å²) < 4.78 is 2.96. The molecule has 0 spiro atoms. The Balaban J connectivity index is 2.70. The molecule has 0 atom stereocenters. The number of rotatable bonds is 3. The molecular formula is C6H9N5O. The van der Waals surface area contributed by atoms with E-state index in [1.165, 1.54) is 9.13 Å². The first-order valence-corrected chi connectivity index (χ1v) is 3.48. The Bertz CT molecular complexity index is 356. The zero-order chi connectivity index (χ0) is 8.97. The first-order chi connectivity index (χ1) is 5.75. The molecule has 1 rings (SSSR count). The van der Waals surface area contributed by atoms with E-state index in [-0.39, 0.29) is 5.69 Å². The molecule has 12 heavy (non-hydrogen) atoms. The van der Waals surface area contributed by atoms with Crippen LogP contribution in [0.1, 0.15) is 0 Å². The number of azide groups is 1. The van der Waals surface area contributed by atoms with E-state index >= 15 is 0 Å². The van der Waals surface area contributed by atoms with Gasteiger partial charge in [0.05, 0.1) is 0 Å². The Kier molecular flexibility index (Phi) is 2.55. The van der Waals surface area contributed by atoms with Gasteiger partial charge < -0.3 is 4.57 Å². The number of aromatic nitrogens is 2. The molecule has 6 nitrogen and oxygen atoms in total. The third kappa shape index (κ3) is 1.67. The fourth-order valence-corrected chi connectivity index (χ4v) is 0.878. The Morgan fingerprint density at radius 1 is 1.67 bits per heavy atom. The monoisotopic (exact) mass is 167 g/mol. The minimum Gasteiger partial charge on any atom is -0.302 e. The van der Waals surface area contributed by atoms with Crippen molar-refractivity contribution in [1.82, 2.24) is 9.13 Å². The predicted molar refractivity (Wildman–Crippen MR) is 43.7 cm³/mol. The molecule has 0 amide bonds. The van der Waals surface area contributed by atoms with Crippen LogP contribution in [0.25, 0.3) is 10.4 Å². The Hall–Kier alpha value is -1.68. The van der Waals surface area contributed by atoms with Crippen LogP contribution in [-0.4, -0.2) is 15.7 Å². The molecule has 1 aromatic heterocycles. The molecule has 0 radical (unpaired) electrons. The van der Waals surface area contributed by atoms with Crippen LogP contribution in [-0.2, 0) is 13.6 Å². The van der Waals surface area contributed by atoms with Crippen LogP contribution in [0.2, 0.25) is 0 Å². The molecule has 0 fully saturated rings. The van der Waals surface area contributed by atoms with Gasteiger partial charge >= 0.3 is 5.69 Å². The van der Waals surface area contributed by atoms with Crippen LogP contribution in [0.3, 0.4) is 0 Å². The lowest BCUT2D eigenvalue weighted by molar-refractivity contribution is 0.658. The highest BCUT2D eigenvalue weighted by Crippen LogP contribution is 1.83. The van der Waals surface area contributed by atoms with Gasteiger partial charge in [-0.05, 0) is 5.53 Å². The Labute approximate surface area is 68.7 Å². The van der Waals surface area contributed by atoms with E-state index in [2.05, 4.69) is 10.0 Å². The smallest absolute Gasteiger partial charge is 0.302 e. The molecule has 1 heterocycles. The summed E-state index contributed by atoms with van der Waals surface area (Å²) in [6.45, 7) is 0.740. The lowest BCUT2D eigenvalue weighted by atomic mass is 10.6. The van der Waals surface area contributed by atoms with Gasteiger partial charge in [0.25, 0.3) is 0 Å². The van der Waals surface area contributed by atoms with Crippen molar-refractivity contribution in [3.05, 3.63) is 33.3 Å². The quantitative estimate of drug-likeness (QED) is 0.367. The van der Waals surface area contributed by atoms with Crippen LogP contribution >= 0.6 is 0 Å². The van der Waals surface area contributed by atoms with Gasteiger partial charge in [-0.2, -0.15) is 0 Å². The largest absolute Gasteiger partial charge is 0.327 e. The lowest BCUT2D eigenvalue weighted by Gasteiger charge is -1.94. The van der Waals surface area contributed by atoms with Gasteiger partial charge in [0, 0.05) is 37.4 Å². The van der Waals surface area contributed by atoms with Gasteiger partial charge in [-0.15, -0.1) is 0 Å². The van der Waals surface area contributed by atoms with Gasteiger partial charge in [0.15, 0.2) is 0 Å². The second-order valence-corrected chi connectivity index (χ2v) is 2.34. The van der Waals surface area contributed by atoms with Crippen molar-refractivity contribution in [1.29, 1.82) is 0 Å². The molecule has 6 heteroatoms. The van der Waals surface area contributed by atoms with E-state index in [9.17, 15) is 4.79 Å². The summed E-state index contributed by atoms with van der Waals surface area (Å²) in [7, 11) is 1.67. The highest BCUT2D eigenvalue weighted by Gasteiger charge is 1.96. The van der Waals surface area contributed by atoms with Crippen LogP contribution in [0.4, 0.5) is 0 Å². The van der Waals surface area contributed by atoms with Crippen LogP contribution in [0.5, 0.6) is 0 Å². The molecule has 0 aliphatic carbocycles. The van der Waals surface area contributed by atoms with Gasteiger partial charge in [-0.3, -0.25) is 4.57 Å². The van der Waals surface area contributed by atoms with Crippen molar-refractivity contribution in [2.75, 3.05) is 6.54 Å². The normalized spacial score (nSPS) is 9.42. The summed E-state index contributed by atoms with van der Waals surface area (Å²) in [5, 5.41) is 3.33. The maximum atomic E-state index is 11.2. The minimum absolute atomic E-state index is 0.0943. The third-order valence-corrected chi connectivity index (χ3v) is 1.52. The summed E-state index contributed by atoms with van der Waals surface area (Å²) >= 11 is 0. The average Bonchev–Trinajstić information content (AvgIpc) is 2.36. The maximum Gasteiger partial charge on any atom is 0.327 e. The van der Waals surface area contributed by atoms with Crippen LogP contribution < -0.4 is 5.69 Å². The highest BCUT2D eigenvalue weighted by atomic mass is 16.1. The van der Waals surface area contributed by atoms with Crippen LogP contribution in [0, 0.1) is 0 Å². The fraction of sp³-hybridized carbons (Fsp3) is 0.500. The van der Waals surface area contributed by atoms with E-state index in [1.807, 2.05) is 0 Å². The zero-order valence-electron chi connectivity index (χ0n) is 6.71. The van der Waals surface area contributed by atoms with Gasteiger partial charge in [-0.25, -0.2) is 4.79 Å². The highest BCUT2D eigenvalue weighted by molar-refractivity contribution is 4.79. The Morgan fingerprint density at radius 3 is 2.92 bits per heavy atom.